The van der Waals surface area contributed by atoms with E-state index in [1.165, 1.54) is 26.4 Å². The summed E-state index contributed by atoms with van der Waals surface area (Å²) in [6.45, 7) is 6.34. The van der Waals surface area contributed by atoms with Crippen molar-refractivity contribution in [2.45, 2.75) is 26.5 Å². The molecular formula is C17H17NOS2. The maximum absolute atomic E-state index is 12.4. The Balaban J connectivity index is 1.81. The van der Waals surface area contributed by atoms with Gasteiger partial charge in [0.05, 0.1) is 4.91 Å². The largest absolute Gasteiger partial charge is 0.322 e. The highest BCUT2D eigenvalue weighted by Crippen LogP contribution is 2.39. The van der Waals surface area contributed by atoms with Gasteiger partial charge in [-0.25, -0.2) is 0 Å². The van der Waals surface area contributed by atoms with Crippen molar-refractivity contribution < 1.29 is 4.79 Å². The summed E-state index contributed by atoms with van der Waals surface area (Å²) < 4.78 is 0. The van der Waals surface area contributed by atoms with E-state index in [4.69, 9.17) is 0 Å². The van der Waals surface area contributed by atoms with Crippen molar-refractivity contribution in [3.8, 4) is 0 Å². The van der Waals surface area contributed by atoms with Gasteiger partial charge in [-0.05, 0) is 50.1 Å². The standard InChI is InChI=1S/C17H17NOS2/c1-10-4-6-13(7-5-10)18-17(19)16-8-15-14(9-20-16)11(2)12(3)21-15/h4-8H,9H2,1-3H3,(H,18,19). The molecule has 0 atom stereocenters. The van der Waals surface area contributed by atoms with Crippen molar-refractivity contribution in [2.24, 2.45) is 0 Å². The number of aryl methyl sites for hydroxylation is 2. The lowest BCUT2D eigenvalue weighted by atomic mass is 10.1. The second-order valence-corrected chi connectivity index (χ2v) is 7.52. The fraction of sp³-hybridized carbons (Fsp3) is 0.235. The van der Waals surface area contributed by atoms with Gasteiger partial charge in [0.25, 0.3) is 5.91 Å². The summed E-state index contributed by atoms with van der Waals surface area (Å²) in [5.41, 5.74) is 4.79. The Kier molecular flexibility index (Phi) is 3.91. The van der Waals surface area contributed by atoms with Gasteiger partial charge in [-0.1, -0.05) is 17.7 Å². The van der Waals surface area contributed by atoms with Crippen molar-refractivity contribution in [3.63, 3.8) is 0 Å². The van der Waals surface area contributed by atoms with Crippen LogP contribution in [-0.4, -0.2) is 5.91 Å². The van der Waals surface area contributed by atoms with Gasteiger partial charge in [0.2, 0.25) is 0 Å². The lowest BCUT2D eigenvalue weighted by molar-refractivity contribution is -0.112. The van der Waals surface area contributed by atoms with Crippen molar-refractivity contribution >= 4 is 40.8 Å². The van der Waals surface area contributed by atoms with E-state index in [-0.39, 0.29) is 5.91 Å². The molecule has 21 heavy (non-hydrogen) atoms. The molecule has 0 unspecified atom stereocenters. The number of benzene rings is 1. The Hall–Kier alpha value is -1.52. The number of hydrogen-bond acceptors (Lipinski definition) is 3. The number of thioether (sulfide) groups is 1. The van der Waals surface area contributed by atoms with Gasteiger partial charge in [-0.2, -0.15) is 0 Å². The van der Waals surface area contributed by atoms with E-state index in [1.54, 1.807) is 23.1 Å². The molecule has 4 heteroatoms. The molecule has 1 aromatic carbocycles. The number of nitrogens with one attached hydrogen (secondary N) is 1. The van der Waals surface area contributed by atoms with E-state index in [0.29, 0.717) is 0 Å². The van der Waals surface area contributed by atoms with Gasteiger partial charge in [0.15, 0.2) is 0 Å². The predicted molar refractivity (Wildman–Crippen MR) is 92.9 cm³/mol. The maximum Gasteiger partial charge on any atom is 0.262 e. The predicted octanol–water partition coefficient (Wildman–Crippen LogP) is 4.90. The van der Waals surface area contributed by atoms with Gasteiger partial charge >= 0.3 is 0 Å². The van der Waals surface area contributed by atoms with E-state index >= 15 is 0 Å². The second-order valence-electron chi connectivity index (χ2n) is 5.24. The SMILES string of the molecule is Cc1ccc(NC(=O)C2=Cc3sc(C)c(C)c3CS2)cc1. The van der Waals surface area contributed by atoms with Gasteiger partial charge in [-0.3, -0.25) is 4.79 Å². The highest BCUT2D eigenvalue weighted by molar-refractivity contribution is 8.03. The molecule has 1 amide bonds. The van der Waals surface area contributed by atoms with Gasteiger partial charge in [0.1, 0.15) is 0 Å². The van der Waals surface area contributed by atoms with Crippen LogP contribution in [0.25, 0.3) is 6.08 Å². The minimum atomic E-state index is -0.0155. The summed E-state index contributed by atoms with van der Waals surface area (Å²) in [6, 6.07) is 7.88. The Morgan fingerprint density at radius 2 is 1.86 bits per heavy atom. The summed E-state index contributed by atoms with van der Waals surface area (Å²) >= 11 is 3.40. The first-order valence-electron chi connectivity index (χ1n) is 6.86. The van der Waals surface area contributed by atoms with E-state index in [2.05, 4.69) is 19.2 Å². The zero-order valence-corrected chi connectivity index (χ0v) is 14.0. The average Bonchev–Trinajstić information content (AvgIpc) is 2.76. The fourth-order valence-electron chi connectivity index (χ4n) is 2.27. The first kappa shape index (κ1) is 14.4. The molecule has 2 heterocycles. The van der Waals surface area contributed by atoms with E-state index in [9.17, 15) is 4.79 Å². The molecule has 1 aliphatic heterocycles. The first-order valence-corrected chi connectivity index (χ1v) is 8.66. The van der Waals surface area contributed by atoms with E-state index in [1.807, 2.05) is 37.3 Å². The Morgan fingerprint density at radius 3 is 2.57 bits per heavy atom. The van der Waals surface area contributed by atoms with Crippen molar-refractivity contribution in [1.82, 2.24) is 0 Å². The summed E-state index contributed by atoms with van der Waals surface area (Å²) in [5, 5.41) is 2.97. The van der Waals surface area contributed by atoms with E-state index in [0.717, 1.165) is 16.3 Å². The third-order valence-corrected chi connectivity index (χ3v) is 5.95. The average molecular weight is 315 g/mol. The summed E-state index contributed by atoms with van der Waals surface area (Å²) in [7, 11) is 0. The number of amides is 1. The molecule has 1 aliphatic rings. The van der Waals surface area contributed by atoms with Crippen LogP contribution in [0.15, 0.2) is 29.2 Å². The van der Waals surface area contributed by atoms with Crippen LogP contribution in [0.4, 0.5) is 5.69 Å². The molecule has 0 aliphatic carbocycles. The number of anilines is 1. The summed E-state index contributed by atoms with van der Waals surface area (Å²) in [5.74, 6) is 0.872. The quantitative estimate of drug-likeness (QED) is 0.854. The van der Waals surface area contributed by atoms with Crippen LogP contribution in [0.3, 0.4) is 0 Å². The van der Waals surface area contributed by atoms with Crippen molar-refractivity contribution in [2.75, 3.05) is 5.32 Å². The molecule has 3 rings (SSSR count). The third-order valence-electron chi connectivity index (χ3n) is 3.71. The minimum Gasteiger partial charge on any atom is -0.322 e. The topological polar surface area (TPSA) is 29.1 Å². The minimum absolute atomic E-state index is 0.0155. The maximum atomic E-state index is 12.4. The molecule has 0 saturated carbocycles. The molecule has 2 nitrogen and oxygen atoms in total. The Bertz CT molecular complexity index is 726. The monoisotopic (exact) mass is 315 g/mol. The van der Waals surface area contributed by atoms with Crippen LogP contribution in [-0.2, 0) is 10.5 Å². The number of rotatable bonds is 2. The number of hydrogen-bond donors (Lipinski definition) is 1. The molecule has 1 aromatic heterocycles. The van der Waals surface area contributed by atoms with Crippen LogP contribution < -0.4 is 5.32 Å². The first-order chi connectivity index (χ1) is 10.0. The molecule has 0 spiro atoms. The number of thiophene rings is 1. The molecule has 0 saturated heterocycles. The van der Waals surface area contributed by atoms with Crippen LogP contribution in [0, 0.1) is 20.8 Å². The van der Waals surface area contributed by atoms with Crippen LogP contribution >= 0.6 is 23.1 Å². The molecule has 2 aromatic rings. The van der Waals surface area contributed by atoms with Crippen LogP contribution in [0.2, 0.25) is 0 Å². The lowest BCUT2D eigenvalue weighted by Gasteiger charge is -2.14. The zero-order chi connectivity index (χ0) is 15.0. The summed E-state index contributed by atoms with van der Waals surface area (Å²) in [4.78, 5) is 15.7. The summed E-state index contributed by atoms with van der Waals surface area (Å²) in [6.07, 6.45) is 2.03. The number of carbonyl (C=O) groups excluding carboxylic acids is 1. The Labute approximate surface area is 133 Å². The highest BCUT2D eigenvalue weighted by atomic mass is 32.2. The molecular weight excluding hydrogens is 298 g/mol. The number of fused-ring (bicyclic) bond motifs is 1. The molecule has 0 fully saturated rings. The van der Waals surface area contributed by atoms with Crippen molar-refractivity contribution in [1.29, 1.82) is 0 Å². The molecule has 1 N–H and O–H groups in total. The lowest BCUT2D eigenvalue weighted by Crippen LogP contribution is -2.14. The van der Waals surface area contributed by atoms with Gasteiger partial charge < -0.3 is 5.32 Å². The second kappa shape index (κ2) is 5.70. The molecule has 0 bridgehead atoms. The van der Waals surface area contributed by atoms with Crippen LogP contribution in [0.5, 0.6) is 0 Å². The van der Waals surface area contributed by atoms with Gasteiger partial charge in [-0.15, -0.1) is 23.1 Å². The Morgan fingerprint density at radius 1 is 1.14 bits per heavy atom. The smallest absolute Gasteiger partial charge is 0.262 e. The van der Waals surface area contributed by atoms with Gasteiger partial charge in [0, 0.05) is 21.2 Å². The fourth-order valence-corrected chi connectivity index (χ4v) is 4.62. The molecule has 0 radical (unpaired) electrons. The molecule has 108 valence electrons. The number of carbonyl (C=O) groups is 1. The third kappa shape index (κ3) is 2.92. The van der Waals surface area contributed by atoms with Crippen LogP contribution in [0.1, 0.15) is 26.4 Å². The highest BCUT2D eigenvalue weighted by Gasteiger charge is 2.21. The van der Waals surface area contributed by atoms with E-state index < -0.39 is 0 Å². The normalized spacial score (nSPS) is 13.6. The van der Waals surface area contributed by atoms with Crippen molar-refractivity contribution in [3.05, 3.63) is 55.6 Å². The zero-order valence-electron chi connectivity index (χ0n) is 12.3.